The normalized spacial score (nSPS) is 11.7. The van der Waals surface area contributed by atoms with Crippen LogP contribution in [0.5, 0.6) is 0 Å². The average molecular weight is 280 g/mol. The fourth-order valence-corrected chi connectivity index (χ4v) is 3.78. The highest BCUT2D eigenvalue weighted by molar-refractivity contribution is 7.12. The number of rotatable bonds is 5. The second kappa shape index (κ2) is 5.85. The van der Waals surface area contributed by atoms with Crippen molar-refractivity contribution in [3.8, 4) is 0 Å². The van der Waals surface area contributed by atoms with Crippen LogP contribution in [0.1, 0.15) is 42.1 Å². The van der Waals surface area contributed by atoms with E-state index in [2.05, 4.69) is 49.2 Å². The number of aromatic nitrogens is 1. The quantitative estimate of drug-likeness (QED) is 0.703. The van der Waals surface area contributed by atoms with Crippen LogP contribution in [0.25, 0.3) is 0 Å². The summed E-state index contributed by atoms with van der Waals surface area (Å²) in [6.07, 6.45) is 4.03. The van der Waals surface area contributed by atoms with Gasteiger partial charge in [-0.1, -0.05) is 44.2 Å². The fourth-order valence-electron chi connectivity index (χ4n) is 2.43. The molecule has 1 heterocycles. The van der Waals surface area contributed by atoms with Crippen molar-refractivity contribution in [3.05, 3.63) is 52.0 Å². The number of thiazole rings is 1. The van der Waals surface area contributed by atoms with Crippen molar-refractivity contribution in [2.24, 2.45) is 0 Å². The molecule has 0 amide bonds. The number of hydrogen-bond donors (Lipinski definition) is 0. The van der Waals surface area contributed by atoms with Crippen LogP contribution in [0.15, 0.2) is 36.5 Å². The Balaban J connectivity index is 2.50. The van der Waals surface area contributed by atoms with Gasteiger partial charge in [0.2, 0.25) is 0 Å². The summed E-state index contributed by atoms with van der Waals surface area (Å²) < 4.78 is 0. The van der Waals surface area contributed by atoms with Crippen LogP contribution in [0.2, 0.25) is 0 Å². The highest BCUT2D eigenvalue weighted by atomic mass is 35.5. The summed E-state index contributed by atoms with van der Waals surface area (Å²) in [5, 5.41) is 1.19. The summed E-state index contributed by atoms with van der Waals surface area (Å²) in [5.41, 5.74) is 1.39. The van der Waals surface area contributed by atoms with Gasteiger partial charge in [0, 0.05) is 16.5 Å². The van der Waals surface area contributed by atoms with Gasteiger partial charge in [-0.2, -0.15) is 0 Å². The standard InChI is InChI=1S/C15H18ClNS/c1-3-15(4-2,12-8-6-5-7-9-12)14-17-11-13(10-16)18-14/h5-9,11H,3-4,10H2,1-2H3. The molecule has 0 aliphatic rings. The molecule has 1 aromatic carbocycles. The minimum absolute atomic E-state index is 0.0379. The zero-order valence-electron chi connectivity index (χ0n) is 10.8. The smallest absolute Gasteiger partial charge is 0.103 e. The number of nitrogens with zero attached hydrogens (tertiary/aromatic N) is 1. The lowest BCUT2D eigenvalue weighted by atomic mass is 9.76. The van der Waals surface area contributed by atoms with Crippen molar-refractivity contribution in [3.63, 3.8) is 0 Å². The Bertz CT molecular complexity index is 488. The fraction of sp³-hybridized carbons (Fsp3) is 0.400. The Morgan fingerprint density at radius 2 is 1.83 bits per heavy atom. The lowest BCUT2D eigenvalue weighted by Crippen LogP contribution is -2.25. The summed E-state index contributed by atoms with van der Waals surface area (Å²) in [4.78, 5) is 5.76. The first-order chi connectivity index (χ1) is 8.76. The molecule has 0 saturated heterocycles. The van der Waals surface area contributed by atoms with Crippen LogP contribution < -0.4 is 0 Å². The summed E-state index contributed by atoms with van der Waals surface area (Å²) in [6, 6.07) is 10.7. The molecule has 0 aliphatic heterocycles. The van der Waals surface area contributed by atoms with E-state index < -0.39 is 0 Å². The van der Waals surface area contributed by atoms with Gasteiger partial charge in [-0.15, -0.1) is 22.9 Å². The Labute approximate surface area is 118 Å². The first-order valence-electron chi connectivity index (χ1n) is 6.33. The van der Waals surface area contributed by atoms with Crippen molar-refractivity contribution < 1.29 is 0 Å². The minimum Gasteiger partial charge on any atom is -0.248 e. The van der Waals surface area contributed by atoms with Gasteiger partial charge >= 0.3 is 0 Å². The van der Waals surface area contributed by atoms with Crippen molar-refractivity contribution >= 4 is 22.9 Å². The molecular weight excluding hydrogens is 262 g/mol. The molecule has 3 heteroatoms. The molecule has 0 atom stereocenters. The Hall–Kier alpha value is -0.860. The van der Waals surface area contributed by atoms with Gasteiger partial charge in [-0.3, -0.25) is 0 Å². The molecule has 0 spiro atoms. The van der Waals surface area contributed by atoms with E-state index in [1.807, 2.05) is 6.20 Å². The van der Waals surface area contributed by atoms with E-state index in [1.54, 1.807) is 11.3 Å². The zero-order valence-corrected chi connectivity index (χ0v) is 12.4. The van der Waals surface area contributed by atoms with E-state index in [-0.39, 0.29) is 5.41 Å². The van der Waals surface area contributed by atoms with Crippen molar-refractivity contribution in [1.29, 1.82) is 0 Å². The Morgan fingerprint density at radius 3 is 2.33 bits per heavy atom. The van der Waals surface area contributed by atoms with Crippen LogP contribution in [-0.4, -0.2) is 4.98 Å². The molecular formula is C15H18ClNS. The Kier molecular flexibility index (Phi) is 4.41. The molecule has 0 saturated carbocycles. The van der Waals surface area contributed by atoms with Crippen LogP contribution >= 0.6 is 22.9 Å². The predicted octanol–water partition coefficient (Wildman–Crippen LogP) is 4.99. The third-order valence-corrected chi connectivity index (χ3v) is 5.28. The number of hydrogen-bond acceptors (Lipinski definition) is 2. The first kappa shape index (κ1) is 13.6. The largest absolute Gasteiger partial charge is 0.248 e. The van der Waals surface area contributed by atoms with Gasteiger partial charge in [0.25, 0.3) is 0 Å². The van der Waals surface area contributed by atoms with E-state index in [0.717, 1.165) is 17.7 Å². The summed E-state index contributed by atoms with van der Waals surface area (Å²) in [7, 11) is 0. The molecule has 0 radical (unpaired) electrons. The summed E-state index contributed by atoms with van der Waals surface area (Å²) in [6.45, 7) is 4.47. The Morgan fingerprint density at radius 1 is 1.17 bits per heavy atom. The van der Waals surface area contributed by atoms with Gasteiger partial charge in [-0.05, 0) is 18.4 Å². The number of halogens is 1. The van der Waals surface area contributed by atoms with Gasteiger partial charge in [0.15, 0.2) is 0 Å². The highest BCUT2D eigenvalue weighted by Crippen LogP contribution is 2.40. The zero-order chi connectivity index (χ0) is 13.0. The predicted molar refractivity (Wildman–Crippen MR) is 79.5 cm³/mol. The maximum atomic E-state index is 5.89. The SMILES string of the molecule is CCC(CC)(c1ccccc1)c1ncc(CCl)s1. The molecule has 2 aromatic rings. The molecule has 0 N–H and O–H groups in total. The molecule has 1 aromatic heterocycles. The number of benzene rings is 1. The van der Waals surface area contributed by atoms with Crippen molar-refractivity contribution in [1.82, 2.24) is 4.98 Å². The molecule has 1 nitrogen and oxygen atoms in total. The maximum absolute atomic E-state index is 5.89. The van der Waals surface area contributed by atoms with Gasteiger partial charge in [-0.25, -0.2) is 4.98 Å². The monoisotopic (exact) mass is 279 g/mol. The molecule has 0 aliphatic carbocycles. The van der Waals surface area contributed by atoms with E-state index in [4.69, 9.17) is 11.6 Å². The van der Waals surface area contributed by atoms with Crippen LogP contribution in [0.4, 0.5) is 0 Å². The van der Waals surface area contributed by atoms with E-state index in [1.165, 1.54) is 10.6 Å². The molecule has 0 bridgehead atoms. The van der Waals surface area contributed by atoms with Crippen molar-refractivity contribution in [2.75, 3.05) is 0 Å². The third kappa shape index (κ3) is 2.32. The molecule has 96 valence electrons. The molecule has 0 unspecified atom stereocenters. The lowest BCUT2D eigenvalue weighted by molar-refractivity contribution is 0.476. The topological polar surface area (TPSA) is 12.9 Å². The average Bonchev–Trinajstić information content (AvgIpc) is 2.91. The summed E-state index contributed by atoms with van der Waals surface area (Å²) in [5.74, 6) is 0.552. The molecule has 18 heavy (non-hydrogen) atoms. The van der Waals surface area contributed by atoms with E-state index in [0.29, 0.717) is 5.88 Å². The van der Waals surface area contributed by atoms with E-state index in [9.17, 15) is 0 Å². The first-order valence-corrected chi connectivity index (χ1v) is 7.68. The lowest BCUT2D eigenvalue weighted by Gasteiger charge is -2.30. The van der Waals surface area contributed by atoms with Crippen LogP contribution in [-0.2, 0) is 11.3 Å². The van der Waals surface area contributed by atoms with Crippen molar-refractivity contribution in [2.45, 2.75) is 38.0 Å². The highest BCUT2D eigenvalue weighted by Gasteiger charge is 2.33. The van der Waals surface area contributed by atoms with Crippen LogP contribution in [0, 0.1) is 0 Å². The number of alkyl halides is 1. The third-order valence-electron chi connectivity index (χ3n) is 3.63. The second-order valence-electron chi connectivity index (χ2n) is 4.42. The second-order valence-corrected chi connectivity index (χ2v) is 5.80. The maximum Gasteiger partial charge on any atom is 0.103 e. The molecule has 0 fully saturated rings. The molecule has 2 rings (SSSR count). The van der Waals surface area contributed by atoms with Gasteiger partial charge in [0.05, 0.1) is 5.88 Å². The van der Waals surface area contributed by atoms with E-state index >= 15 is 0 Å². The van der Waals surface area contributed by atoms with Gasteiger partial charge in [0.1, 0.15) is 5.01 Å². The van der Waals surface area contributed by atoms with Crippen LogP contribution in [0.3, 0.4) is 0 Å². The minimum atomic E-state index is 0.0379. The summed E-state index contributed by atoms with van der Waals surface area (Å²) >= 11 is 7.63. The van der Waals surface area contributed by atoms with Gasteiger partial charge < -0.3 is 0 Å².